The lowest BCUT2D eigenvalue weighted by atomic mass is 10.1. The van der Waals surface area contributed by atoms with Crippen LogP contribution in [0.4, 0.5) is 8.78 Å². The van der Waals surface area contributed by atoms with Gasteiger partial charge in [-0.3, -0.25) is 0 Å². The fourth-order valence-electron chi connectivity index (χ4n) is 1.63. The van der Waals surface area contributed by atoms with Crippen LogP contribution in [0.25, 0.3) is 0 Å². The van der Waals surface area contributed by atoms with E-state index in [4.69, 9.17) is 16.3 Å². The normalized spacial score (nSPS) is 12.3. The van der Waals surface area contributed by atoms with Crippen LogP contribution in [0, 0.1) is 11.6 Å². The van der Waals surface area contributed by atoms with Crippen molar-refractivity contribution in [1.82, 2.24) is 0 Å². The maximum atomic E-state index is 13.8. The molecule has 0 aliphatic rings. The van der Waals surface area contributed by atoms with E-state index >= 15 is 0 Å². The molecule has 5 heteroatoms. The van der Waals surface area contributed by atoms with Gasteiger partial charge in [0.2, 0.25) is 0 Å². The largest absolute Gasteiger partial charge is 0.452 e. The van der Waals surface area contributed by atoms with Crippen molar-refractivity contribution in [2.24, 2.45) is 0 Å². The summed E-state index contributed by atoms with van der Waals surface area (Å²) in [5.41, 5.74) is 0.292. The van der Waals surface area contributed by atoms with Crippen molar-refractivity contribution in [2.75, 3.05) is 0 Å². The van der Waals surface area contributed by atoms with Gasteiger partial charge >= 0.3 is 0 Å². The highest BCUT2D eigenvalue weighted by Gasteiger charge is 2.16. The lowest BCUT2D eigenvalue weighted by Crippen LogP contribution is -1.99. The molecule has 0 bridgehead atoms. The van der Waals surface area contributed by atoms with E-state index in [0.717, 1.165) is 12.1 Å². The van der Waals surface area contributed by atoms with E-state index in [1.165, 1.54) is 25.1 Å². The lowest BCUT2D eigenvalue weighted by molar-refractivity contribution is 0.194. The van der Waals surface area contributed by atoms with Crippen molar-refractivity contribution in [1.29, 1.82) is 0 Å². The van der Waals surface area contributed by atoms with Gasteiger partial charge in [-0.15, -0.1) is 0 Å². The minimum atomic E-state index is -0.898. The maximum absolute atomic E-state index is 13.8. The molecule has 0 aromatic heterocycles. The molecule has 1 N–H and O–H groups in total. The zero-order chi connectivity index (χ0) is 14.0. The predicted octanol–water partition coefficient (Wildman–Crippen LogP) is 4.46. The van der Waals surface area contributed by atoms with Gasteiger partial charge in [0.1, 0.15) is 11.6 Å². The molecule has 2 aromatic rings. The van der Waals surface area contributed by atoms with Crippen molar-refractivity contribution >= 4 is 11.6 Å². The number of benzene rings is 2. The molecule has 2 aromatic carbocycles. The molecule has 0 spiro atoms. The quantitative estimate of drug-likeness (QED) is 0.901. The Morgan fingerprint density at radius 2 is 1.95 bits per heavy atom. The van der Waals surface area contributed by atoms with Crippen molar-refractivity contribution < 1.29 is 18.6 Å². The Bertz CT molecular complexity index is 600. The Balaban J connectivity index is 2.43. The summed E-state index contributed by atoms with van der Waals surface area (Å²) in [5.74, 6) is -1.14. The average molecular weight is 285 g/mol. The van der Waals surface area contributed by atoms with Gasteiger partial charge in [-0.05, 0) is 31.2 Å². The second kappa shape index (κ2) is 5.55. The number of halogens is 3. The molecule has 1 atom stereocenters. The second-order valence-electron chi connectivity index (χ2n) is 4.01. The van der Waals surface area contributed by atoms with E-state index in [-0.39, 0.29) is 16.5 Å². The fraction of sp³-hybridized carbons (Fsp3) is 0.143. The van der Waals surface area contributed by atoms with Gasteiger partial charge in [-0.1, -0.05) is 23.7 Å². The standard InChI is InChI=1S/C14H11ClF2O2/c1-8(18)10-3-2-4-12(17)14(10)19-13-6-5-9(16)7-11(13)15/h2-8,18H,1H3/t8-/m1/s1. The van der Waals surface area contributed by atoms with Crippen LogP contribution in [0.15, 0.2) is 36.4 Å². The molecule has 0 radical (unpaired) electrons. The number of hydrogen-bond donors (Lipinski definition) is 1. The van der Waals surface area contributed by atoms with Gasteiger partial charge in [-0.25, -0.2) is 8.78 Å². The molecule has 0 heterocycles. The maximum Gasteiger partial charge on any atom is 0.168 e. The molecule has 0 unspecified atom stereocenters. The molecule has 100 valence electrons. The van der Waals surface area contributed by atoms with Crippen molar-refractivity contribution in [3.8, 4) is 11.5 Å². The third-order valence-corrected chi connectivity index (χ3v) is 2.85. The van der Waals surface area contributed by atoms with Crippen molar-refractivity contribution in [3.05, 3.63) is 58.6 Å². The lowest BCUT2D eigenvalue weighted by Gasteiger charge is -2.14. The summed E-state index contributed by atoms with van der Waals surface area (Å²) in [6, 6.07) is 7.75. The van der Waals surface area contributed by atoms with Gasteiger partial charge in [0.25, 0.3) is 0 Å². The first-order chi connectivity index (χ1) is 8.99. The molecule has 19 heavy (non-hydrogen) atoms. The average Bonchev–Trinajstić information content (AvgIpc) is 2.34. The molecule has 0 aliphatic heterocycles. The first-order valence-electron chi connectivity index (χ1n) is 5.58. The van der Waals surface area contributed by atoms with E-state index in [1.54, 1.807) is 6.07 Å². The predicted molar refractivity (Wildman–Crippen MR) is 68.5 cm³/mol. The van der Waals surface area contributed by atoms with Gasteiger partial charge in [0, 0.05) is 5.56 Å². The zero-order valence-corrected chi connectivity index (χ0v) is 10.8. The molecule has 2 rings (SSSR count). The minimum Gasteiger partial charge on any atom is -0.452 e. The minimum absolute atomic E-state index is 0.0276. The van der Waals surface area contributed by atoms with E-state index < -0.39 is 17.7 Å². The van der Waals surface area contributed by atoms with Crippen LogP contribution in [0.2, 0.25) is 5.02 Å². The summed E-state index contributed by atoms with van der Waals surface area (Å²) < 4.78 is 32.0. The van der Waals surface area contributed by atoms with Crippen molar-refractivity contribution in [3.63, 3.8) is 0 Å². The number of aliphatic hydroxyl groups excluding tert-OH is 1. The summed E-state index contributed by atoms with van der Waals surface area (Å²) in [4.78, 5) is 0. The first-order valence-corrected chi connectivity index (χ1v) is 5.96. The Morgan fingerprint density at radius 3 is 2.58 bits per heavy atom. The summed E-state index contributed by atoms with van der Waals surface area (Å²) in [5, 5.41) is 9.61. The topological polar surface area (TPSA) is 29.5 Å². The van der Waals surface area contributed by atoms with Crippen molar-refractivity contribution in [2.45, 2.75) is 13.0 Å². The highest BCUT2D eigenvalue weighted by Crippen LogP contribution is 2.35. The third kappa shape index (κ3) is 3.03. The number of hydrogen-bond acceptors (Lipinski definition) is 2. The van der Waals surface area contributed by atoms with Gasteiger partial charge in [0.15, 0.2) is 11.6 Å². The summed E-state index contributed by atoms with van der Waals surface area (Å²) in [6.07, 6.45) is -0.898. The van der Waals surface area contributed by atoms with E-state index in [9.17, 15) is 13.9 Å². The van der Waals surface area contributed by atoms with E-state index in [2.05, 4.69) is 0 Å². The molecular weight excluding hydrogens is 274 g/mol. The number of aliphatic hydroxyl groups is 1. The molecule has 0 saturated carbocycles. The third-order valence-electron chi connectivity index (χ3n) is 2.55. The van der Waals surface area contributed by atoms with E-state index in [1.807, 2.05) is 0 Å². The van der Waals surface area contributed by atoms with Crippen LogP contribution in [-0.2, 0) is 0 Å². The molecule has 0 saturated heterocycles. The van der Waals surface area contributed by atoms with Crippen LogP contribution >= 0.6 is 11.6 Å². The van der Waals surface area contributed by atoms with Crippen LogP contribution in [0.5, 0.6) is 11.5 Å². The fourth-order valence-corrected chi connectivity index (χ4v) is 1.84. The molecule has 0 aliphatic carbocycles. The summed E-state index contributed by atoms with van der Waals surface area (Å²) in [6.45, 7) is 1.49. The smallest absolute Gasteiger partial charge is 0.168 e. The summed E-state index contributed by atoms with van der Waals surface area (Å²) in [7, 11) is 0. The van der Waals surface area contributed by atoms with E-state index in [0.29, 0.717) is 5.56 Å². The molecule has 2 nitrogen and oxygen atoms in total. The van der Waals surface area contributed by atoms with Crippen LogP contribution in [-0.4, -0.2) is 5.11 Å². The van der Waals surface area contributed by atoms with Crippen LogP contribution < -0.4 is 4.74 Å². The zero-order valence-electron chi connectivity index (χ0n) is 10.0. The number of para-hydroxylation sites is 1. The summed E-state index contributed by atoms with van der Waals surface area (Å²) >= 11 is 5.81. The molecule has 0 fully saturated rings. The van der Waals surface area contributed by atoms with Crippen LogP contribution in [0.3, 0.4) is 0 Å². The van der Waals surface area contributed by atoms with Gasteiger partial charge in [-0.2, -0.15) is 0 Å². The highest BCUT2D eigenvalue weighted by molar-refractivity contribution is 6.32. The Morgan fingerprint density at radius 1 is 1.21 bits per heavy atom. The Labute approximate surface area is 114 Å². The Hall–Kier alpha value is -1.65. The van der Waals surface area contributed by atoms with Gasteiger partial charge in [0.05, 0.1) is 11.1 Å². The van der Waals surface area contributed by atoms with Crippen LogP contribution in [0.1, 0.15) is 18.6 Å². The number of rotatable bonds is 3. The van der Waals surface area contributed by atoms with Gasteiger partial charge < -0.3 is 9.84 Å². The highest BCUT2D eigenvalue weighted by atomic mass is 35.5. The molecule has 0 amide bonds. The molecular formula is C14H11ClF2O2. The first kappa shape index (κ1) is 13.8. The SMILES string of the molecule is C[C@@H](O)c1cccc(F)c1Oc1ccc(F)cc1Cl. The second-order valence-corrected chi connectivity index (χ2v) is 4.42. The number of ether oxygens (including phenoxy) is 1. The Kier molecular flexibility index (Phi) is 4.02. The monoisotopic (exact) mass is 284 g/mol.